The molecule has 2 saturated heterocycles. The third kappa shape index (κ3) is 3.99. The molecule has 8 heteroatoms. The van der Waals surface area contributed by atoms with E-state index in [1.54, 1.807) is 25.2 Å². The summed E-state index contributed by atoms with van der Waals surface area (Å²) < 4.78 is 1.18. The van der Waals surface area contributed by atoms with Gasteiger partial charge in [0, 0.05) is 32.0 Å². The van der Waals surface area contributed by atoms with Crippen molar-refractivity contribution in [3.63, 3.8) is 0 Å². The first kappa shape index (κ1) is 19.8. The molecule has 1 atom stereocenters. The SMILES string of the molecule is CC1(C)NC(=O)N(CCCC(=O)N2CCC[C@H](c3nc4ccccc4s3)C2)C1=O. The molecule has 1 aromatic carbocycles. The Balaban J connectivity index is 1.32. The van der Waals surface area contributed by atoms with Crippen LogP contribution in [0.1, 0.15) is 50.5 Å². The number of hydrogen-bond donors (Lipinski definition) is 1. The number of aromatic nitrogens is 1. The minimum absolute atomic E-state index is 0.0853. The summed E-state index contributed by atoms with van der Waals surface area (Å²) in [5, 5.41) is 3.77. The van der Waals surface area contributed by atoms with Crippen molar-refractivity contribution in [1.29, 1.82) is 0 Å². The van der Waals surface area contributed by atoms with E-state index in [9.17, 15) is 14.4 Å². The van der Waals surface area contributed by atoms with E-state index in [0.29, 0.717) is 19.4 Å². The number of fused-ring (bicyclic) bond motifs is 1. The molecule has 4 amide bonds. The number of nitrogens with one attached hydrogen (secondary N) is 1. The van der Waals surface area contributed by atoms with Crippen LogP contribution in [0, 0.1) is 0 Å². The van der Waals surface area contributed by atoms with Crippen LogP contribution < -0.4 is 5.32 Å². The van der Waals surface area contributed by atoms with Gasteiger partial charge in [-0.1, -0.05) is 12.1 Å². The van der Waals surface area contributed by atoms with Gasteiger partial charge in [-0.2, -0.15) is 0 Å². The van der Waals surface area contributed by atoms with Crippen molar-refractivity contribution in [2.24, 2.45) is 0 Å². The molecule has 0 aliphatic carbocycles. The number of rotatable bonds is 5. The summed E-state index contributed by atoms with van der Waals surface area (Å²) in [4.78, 5) is 44.8. The lowest BCUT2D eigenvalue weighted by Crippen LogP contribution is -2.41. The summed E-state index contributed by atoms with van der Waals surface area (Å²) in [5.41, 5.74) is 0.158. The fraction of sp³-hybridized carbons (Fsp3) is 0.524. The van der Waals surface area contributed by atoms with Gasteiger partial charge in [-0.05, 0) is 45.2 Å². The minimum atomic E-state index is -0.863. The number of imide groups is 1. The molecular formula is C21H26N4O3S. The van der Waals surface area contributed by atoms with E-state index >= 15 is 0 Å². The Labute approximate surface area is 174 Å². The molecule has 2 aromatic rings. The molecule has 0 unspecified atom stereocenters. The van der Waals surface area contributed by atoms with Gasteiger partial charge in [-0.25, -0.2) is 9.78 Å². The van der Waals surface area contributed by atoms with Crippen molar-refractivity contribution in [3.05, 3.63) is 29.3 Å². The molecule has 7 nitrogen and oxygen atoms in total. The maximum Gasteiger partial charge on any atom is 0.325 e. The third-order valence-electron chi connectivity index (χ3n) is 5.65. The number of para-hydroxylation sites is 1. The predicted molar refractivity (Wildman–Crippen MR) is 112 cm³/mol. The Kier molecular flexibility index (Phi) is 5.29. The van der Waals surface area contributed by atoms with Crippen LogP contribution in [0.25, 0.3) is 10.2 Å². The summed E-state index contributed by atoms with van der Waals surface area (Å²) in [5.74, 6) is 0.128. The quantitative estimate of drug-likeness (QED) is 0.762. The number of nitrogens with zero attached hydrogens (tertiary/aromatic N) is 3. The van der Waals surface area contributed by atoms with Gasteiger partial charge >= 0.3 is 6.03 Å². The smallest absolute Gasteiger partial charge is 0.325 e. The lowest BCUT2D eigenvalue weighted by atomic mass is 9.98. The molecule has 29 heavy (non-hydrogen) atoms. The molecule has 1 N–H and O–H groups in total. The van der Waals surface area contributed by atoms with Crippen molar-refractivity contribution < 1.29 is 14.4 Å². The maximum absolute atomic E-state index is 12.7. The van der Waals surface area contributed by atoms with Crippen LogP contribution in [0.5, 0.6) is 0 Å². The first-order valence-electron chi connectivity index (χ1n) is 10.1. The van der Waals surface area contributed by atoms with Crippen LogP contribution in [0.3, 0.4) is 0 Å². The number of hydrogen-bond acceptors (Lipinski definition) is 5. The van der Waals surface area contributed by atoms with Crippen molar-refractivity contribution >= 4 is 39.4 Å². The van der Waals surface area contributed by atoms with Gasteiger partial charge in [0.25, 0.3) is 5.91 Å². The molecule has 0 radical (unpaired) electrons. The predicted octanol–water partition coefficient (Wildman–Crippen LogP) is 3.11. The van der Waals surface area contributed by atoms with E-state index < -0.39 is 5.54 Å². The highest BCUT2D eigenvalue weighted by Crippen LogP contribution is 2.33. The van der Waals surface area contributed by atoms with Crippen molar-refractivity contribution in [2.45, 2.75) is 51.0 Å². The minimum Gasteiger partial charge on any atom is -0.342 e. The number of benzene rings is 1. The van der Waals surface area contributed by atoms with Crippen LogP contribution >= 0.6 is 11.3 Å². The average Bonchev–Trinajstić information content (AvgIpc) is 3.22. The third-order valence-corrected chi connectivity index (χ3v) is 6.85. The monoisotopic (exact) mass is 414 g/mol. The van der Waals surface area contributed by atoms with E-state index in [-0.39, 0.29) is 30.3 Å². The van der Waals surface area contributed by atoms with E-state index in [2.05, 4.69) is 11.4 Å². The fourth-order valence-electron chi connectivity index (χ4n) is 4.04. The van der Waals surface area contributed by atoms with Gasteiger partial charge in [0.2, 0.25) is 5.91 Å². The number of likely N-dealkylation sites (tertiary alicyclic amines) is 1. The molecule has 154 valence electrons. The summed E-state index contributed by atoms with van der Waals surface area (Å²) in [6, 6.07) is 7.75. The van der Waals surface area contributed by atoms with Gasteiger partial charge in [0.05, 0.1) is 15.2 Å². The van der Waals surface area contributed by atoms with Gasteiger partial charge in [0.15, 0.2) is 0 Å². The molecular weight excluding hydrogens is 388 g/mol. The largest absolute Gasteiger partial charge is 0.342 e. The first-order valence-corrected chi connectivity index (χ1v) is 10.9. The van der Waals surface area contributed by atoms with E-state index in [1.807, 2.05) is 23.1 Å². The summed E-state index contributed by atoms with van der Waals surface area (Å²) >= 11 is 1.71. The molecule has 0 saturated carbocycles. The normalized spacial score (nSPS) is 21.7. The highest BCUT2D eigenvalue weighted by atomic mass is 32.1. The first-order chi connectivity index (χ1) is 13.8. The second-order valence-electron chi connectivity index (χ2n) is 8.31. The molecule has 2 fully saturated rings. The molecule has 3 heterocycles. The van der Waals surface area contributed by atoms with Crippen molar-refractivity contribution in [1.82, 2.24) is 20.1 Å². The number of piperidine rings is 1. The maximum atomic E-state index is 12.7. The molecule has 4 rings (SSSR count). The van der Waals surface area contributed by atoms with Gasteiger partial charge in [0.1, 0.15) is 5.54 Å². The molecule has 0 spiro atoms. The molecule has 2 aliphatic rings. The summed E-state index contributed by atoms with van der Waals surface area (Å²) in [6.07, 6.45) is 2.83. The van der Waals surface area contributed by atoms with E-state index in [0.717, 1.165) is 29.9 Å². The standard InChI is InChI=1S/C21H26N4O3S/c1-21(2)19(27)25(20(28)23-21)12-6-10-17(26)24-11-5-7-14(13-24)18-22-15-8-3-4-9-16(15)29-18/h3-4,8-9,14H,5-7,10-13H2,1-2H3,(H,23,28)/t14-/m0/s1. The zero-order valence-electron chi connectivity index (χ0n) is 16.8. The van der Waals surface area contributed by atoms with Crippen LogP contribution in [0.15, 0.2) is 24.3 Å². The number of thiazole rings is 1. The topological polar surface area (TPSA) is 82.6 Å². The van der Waals surface area contributed by atoms with Crippen LogP contribution in [-0.2, 0) is 9.59 Å². The Morgan fingerprint density at radius 2 is 2.10 bits per heavy atom. The Morgan fingerprint density at radius 3 is 2.83 bits per heavy atom. The van der Waals surface area contributed by atoms with Crippen LogP contribution in [0.2, 0.25) is 0 Å². The lowest BCUT2D eigenvalue weighted by Gasteiger charge is -2.32. The highest BCUT2D eigenvalue weighted by molar-refractivity contribution is 7.18. The second-order valence-corrected chi connectivity index (χ2v) is 9.38. The fourth-order valence-corrected chi connectivity index (χ4v) is 5.13. The van der Waals surface area contributed by atoms with Gasteiger partial charge in [-0.3, -0.25) is 14.5 Å². The highest BCUT2D eigenvalue weighted by Gasteiger charge is 2.43. The summed E-state index contributed by atoms with van der Waals surface area (Å²) in [7, 11) is 0. The molecule has 0 bridgehead atoms. The Hall–Kier alpha value is -2.48. The van der Waals surface area contributed by atoms with Crippen LogP contribution in [0.4, 0.5) is 4.79 Å². The zero-order chi connectivity index (χ0) is 20.6. The van der Waals surface area contributed by atoms with Crippen molar-refractivity contribution in [3.8, 4) is 0 Å². The van der Waals surface area contributed by atoms with E-state index in [1.165, 1.54) is 9.60 Å². The average molecular weight is 415 g/mol. The number of amides is 4. The van der Waals surface area contributed by atoms with Crippen LogP contribution in [-0.4, -0.2) is 57.8 Å². The second kappa shape index (κ2) is 7.74. The molecule has 1 aromatic heterocycles. The Bertz CT molecular complexity index is 921. The van der Waals surface area contributed by atoms with Crippen molar-refractivity contribution in [2.75, 3.05) is 19.6 Å². The number of carbonyl (C=O) groups excluding carboxylic acids is 3. The number of urea groups is 1. The van der Waals surface area contributed by atoms with E-state index in [4.69, 9.17) is 4.98 Å². The zero-order valence-corrected chi connectivity index (χ0v) is 17.6. The lowest BCUT2D eigenvalue weighted by molar-refractivity contribution is -0.134. The molecule has 2 aliphatic heterocycles. The van der Waals surface area contributed by atoms with Gasteiger partial charge in [-0.15, -0.1) is 11.3 Å². The number of carbonyl (C=O) groups is 3. The Morgan fingerprint density at radius 1 is 1.31 bits per heavy atom. The summed E-state index contributed by atoms with van der Waals surface area (Å²) in [6.45, 7) is 5.10. The van der Waals surface area contributed by atoms with Gasteiger partial charge < -0.3 is 10.2 Å².